The highest BCUT2D eigenvalue weighted by Gasteiger charge is 2.41. The number of rotatable bonds is 3. The van der Waals surface area contributed by atoms with Crippen LogP contribution in [0.5, 0.6) is 0 Å². The van der Waals surface area contributed by atoms with Gasteiger partial charge < -0.3 is 0 Å². The first kappa shape index (κ1) is 12.6. The molecule has 6 heteroatoms. The zero-order valence-electron chi connectivity index (χ0n) is 8.98. The van der Waals surface area contributed by atoms with E-state index in [9.17, 15) is 8.42 Å². The predicted octanol–water partition coefficient (Wildman–Crippen LogP) is 2.17. The van der Waals surface area contributed by atoms with Crippen molar-refractivity contribution in [3.8, 4) is 6.07 Å². The van der Waals surface area contributed by atoms with E-state index >= 15 is 0 Å². The number of benzene rings is 1. The lowest BCUT2D eigenvalue weighted by Crippen LogP contribution is -2.52. The van der Waals surface area contributed by atoms with Gasteiger partial charge >= 0.3 is 0 Å². The van der Waals surface area contributed by atoms with Gasteiger partial charge in [0.25, 0.3) is 0 Å². The molecule has 1 saturated carbocycles. The lowest BCUT2D eigenvalue weighted by atomic mass is 9.79. The minimum atomic E-state index is -3.60. The molecule has 1 N–H and O–H groups in total. The molecule has 0 heterocycles. The van der Waals surface area contributed by atoms with Crippen LogP contribution in [0.4, 0.5) is 0 Å². The highest BCUT2D eigenvalue weighted by molar-refractivity contribution is 9.10. The van der Waals surface area contributed by atoms with E-state index < -0.39 is 15.6 Å². The Balaban J connectivity index is 2.26. The van der Waals surface area contributed by atoms with Crippen molar-refractivity contribution in [3.05, 3.63) is 28.7 Å². The third kappa shape index (κ3) is 2.51. The summed E-state index contributed by atoms with van der Waals surface area (Å²) in [5.41, 5.74) is -0.897. The summed E-state index contributed by atoms with van der Waals surface area (Å²) in [5, 5.41) is 9.01. The van der Waals surface area contributed by atoms with Gasteiger partial charge in [0.1, 0.15) is 5.54 Å². The van der Waals surface area contributed by atoms with Crippen LogP contribution in [0, 0.1) is 11.3 Å². The molecule has 1 aromatic rings. The third-order valence-corrected chi connectivity index (χ3v) is 4.96. The molecule has 1 fully saturated rings. The minimum absolute atomic E-state index is 0.183. The number of sulfonamides is 1. The molecule has 0 unspecified atom stereocenters. The van der Waals surface area contributed by atoms with Gasteiger partial charge in [-0.1, -0.05) is 15.9 Å². The van der Waals surface area contributed by atoms with Crippen molar-refractivity contribution in [3.63, 3.8) is 0 Å². The molecule has 0 atom stereocenters. The normalized spacial score (nSPS) is 18.1. The Bertz CT molecular complexity index is 556. The van der Waals surface area contributed by atoms with Gasteiger partial charge in [-0.15, -0.1) is 0 Å². The van der Waals surface area contributed by atoms with Crippen LogP contribution in [0.2, 0.25) is 0 Å². The van der Waals surface area contributed by atoms with Gasteiger partial charge in [0, 0.05) is 4.47 Å². The molecule has 0 bridgehead atoms. The summed E-state index contributed by atoms with van der Waals surface area (Å²) >= 11 is 3.24. The van der Waals surface area contributed by atoms with Crippen molar-refractivity contribution in [1.29, 1.82) is 5.26 Å². The van der Waals surface area contributed by atoms with Gasteiger partial charge in [0.05, 0.1) is 11.0 Å². The first-order valence-electron chi connectivity index (χ1n) is 5.18. The van der Waals surface area contributed by atoms with Crippen LogP contribution in [0.25, 0.3) is 0 Å². The van der Waals surface area contributed by atoms with Gasteiger partial charge in [-0.05, 0) is 43.5 Å². The average molecular weight is 315 g/mol. The maximum Gasteiger partial charge on any atom is 0.241 e. The average Bonchev–Trinajstić information content (AvgIpc) is 2.24. The molecule has 90 valence electrons. The lowest BCUT2D eigenvalue weighted by molar-refractivity contribution is 0.296. The number of nitrogens with zero attached hydrogens (tertiary/aromatic N) is 1. The van der Waals surface area contributed by atoms with E-state index in [0.29, 0.717) is 12.8 Å². The van der Waals surface area contributed by atoms with E-state index in [1.54, 1.807) is 12.1 Å². The highest BCUT2D eigenvalue weighted by atomic mass is 79.9. The molecule has 2 rings (SSSR count). The van der Waals surface area contributed by atoms with Gasteiger partial charge in [-0.3, -0.25) is 0 Å². The molecule has 1 aliphatic carbocycles. The fourth-order valence-electron chi connectivity index (χ4n) is 1.70. The summed E-state index contributed by atoms with van der Waals surface area (Å²) in [4.78, 5) is 0.183. The van der Waals surface area contributed by atoms with Crippen molar-refractivity contribution >= 4 is 26.0 Å². The van der Waals surface area contributed by atoms with E-state index in [0.717, 1.165) is 10.9 Å². The molecule has 0 saturated heterocycles. The predicted molar refractivity (Wildman–Crippen MR) is 66.7 cm³/mol. The molecule has 0 radical (unpaired) electrons. The second kappa shape index (κ2) is 4.41. The van der Waals surface area contributed by atoms with Crippen LogP contribution in [-0.2, 0) is 10.0 Å². The van der Waals surface area contributed by atoms with E-state index in [2.05, 4.69) is 26.7 Å². The fourth-order valence-corrected chi connectivity index (χ4v) is 3.34. The highest BCUT2D eigenvalue weighted by Crippen LogP contribution is 2.32. The number of halogens is 1. The van der Waals surface area contributed by atoms with Crippen molar-refractivity contribution < 1.29 is 8.42 Å². The second-order valence-corrected chi connectivity index (χ2v) is 6.70. The summed E-state index contributed by atoms with van der Waals surface area (Å²) < 4.78 is 27.4. The Kier molecular flexibility index (Phi) is 3.25. The van der Waals surface area contributed by atoms with Gasteiger partial charge in [-0.2, -0.15) is 9.98 Å². The van der Waals surface area contributed by atoms with Crippen LogP contribution in [-0.4, -0.2) is 14.0 Å². The number of hydrogen-bond acceptors (Lipinski definition) is 3. The molecule has 1 aromatic carbocycles. The quantitative estimate of drug-likeness (QED) is 0.929. The van der Waals surface area contributed by atoms with Crippen molar-refractivity contribution in [1.82, 2.24) is 4.72 Å². The first-order valence-corrected chi connectivity index (χ1v) is 7.46. The van der Waals surface area contributed by atoms with E-state index in [-0.39, 0.29) is 4.90 Å². The summed E-state index contributed by atoms with van der Waals surface area (Å²) in [6, 6.07) is 8.39. The maximum atomic E-state index is 12.0. The topological polar surface area (TPSA) is 70.0 Å². The summed E-state index contributed by atoms with van der Waals surface area (Å²) in [7, 11) is -3.60. The monoisotopic (exact) mass is 314 g/mol. The Hall–Kier alpha value is -0.900. The van der Waals surface area contributed by atoms with Crippen LogP contribution >= 0.6 is 15.9 Å². The van der Waals surface area contributed by atoms with Crippen LogP contribution in [0.1, 0.15) is 19.3 Å². The molecule has 1 aliphatic rings. The molecule has 17 heavy (non-hydrogen) atoms. The Morgan fingerprint density at radius 3 is 2.29 bits per heavy atom. The van der Waals surface area contributed by atoms with E-state index in [1.807, 2.05) is 0 Å². The Morgan fingerprint density at radius 2 is 1.88 bits per heavy atom. The number of nitriles is 1. The van der Waals surface area contributed by atoms with Crippen molar-refractivity contribution in [2.75, 3.05) is 0 Å². The lowest BCUT2D eigenvalue weighted by Gasteiger charge is -2.35. The maximum absolute atomic E-state index is 12.0. The summed E-state index contributed by atoms with van der Waals surface area (Å²) in [5.74, 6) is 0. The van der Waals surface area contributed by atoms with Gasteiger partial charge in [-0.25, -0.2) is 8.42 Å². The minimum Gasteiger partial charge on any atom is -0.207 e. The fraction of sp³-hybridized carbons (Fsp3) is 0.364. The van der Waals surface area contributed by atoms with Gasteiger partial charge in [0.15, 0.2) is 0 Å². The van der Waals surface area contributed by atoms with Crippen LogP contribution < -0.4 is 4.72 Å². The number of hydrogen-bond donors (Lipinski definition) is 1. The zero-order chi connectivity index (χ0) is 12.5. The largest absolute Gasteiger partial charge is 0.241 e. The Labute approximate surface area is 109 Å². The number of nitrogens with one attached hydrogen (secondary N) is 1. The zero-order valence-corrected chi connectivity index (χ0v) is 11.4. The first-order chi connectivity index (χ1) is 7.97. The Morgan fingerprint density at radius 1 is 1.29 bits per heavy atom. The van der Waals surface area contributed by atoms with E-state index in [1.165, 1.54) is 12.1 Å². The van der Waals surface area contributed by atoms with Crippen molar-refractivity contribution in [2.45, 2.75) is 29.7 Å². The molecular weight excluding hydrogens is 304 g/mol. The molecule has 0 amide bonds. The molecule has 0 aliphatic heterocycles. The van der Waals surface area contributed by atoms with Gasteiger partial charge in [0.2, 0.25) is 10.0 Å². The molecule has 0 aromatic heterocycles. The standard InChI is InChI=1S/C11H11BrN2O2S/c12-9-2-4-10(5-3-9)17(15,16)14-11(8-13)6-1-7-11/h2-5,14H,1,6-7H2. The van der Waals surface area contributed by atoms with Crippen LogP contribution in [0.3, 0.4) is 0 Å². The second-order valence-electron chi connectivity index (χ2n) is 4.11. The molecule has 4 nitrogen and oxygen atoms in total. The van der Waals surface area contributed by atoms with Crippen molar-refractivity contribution in [2.24, 2.45) is 0 Å². The summed E-state index contributed by atoms with van der Waals surface area (Å²) in [6.45, 7) is 0. The SMILES string of the molecule is N#CC1(NS(=O)(=O)c2ccc(Br)cc2)CCC1. The molecular formula is C11H11BrN2O2S. The molecule has 0 spiro atoms. The van der Waals surface area contributed by atoms with Crippen LogP contribution in [0.15, 0.2) is 33.6 Å². The van der Waals surface area contributed by atoms with E-state index in [4.69, 9.17) is 5.26 Å². The third-order valence-electron chi connectivity index (χ3n) is 2.87. The smallest absolute Gasteiger partial charge is 0.207 e. The summed E-state index contributed by atoms with van der Waals surface area (Å²) in [6.07, 6.45) is 2.05.